The minimum Gasteiger partial charge on any atom is -0.453 e. The summed E-state index contributed by atoms with van der Waals surface area (Å²) < 4.78 is 9.56. The first-order valence-electron chi connectivity index (χ1n) is 20.0. The molecule has 7 rings (SSSR count). The molecule has 58 heavy (non-hydrogen) atoms. The van der Waals surface area contributed by atoms with Crippen molar-refractivity contribution in [2.75, 3.05) is 27.3 Å². The first-order valence-corrected chi connectivity index (χ1v) is 20.0. The molecule has 2 aliphatic rings. The predicted octanol–water partition coefficient (Wildman–Crippen LogP) is 7.38. The molecule has 4 heterocycles. The number of methoxy groups -OCH3 is 2. The molecule has 0 saturated carbocycles. The van der Waals surface area contributed by atoms with Gasteiger partial charge in [-0.05, 0) is 65.0 Å². The van der Waals surface area contributed by atoms with Crippen LogP contribution in [0, 0.1) is 11.8 Å². The zero-order chi connectivity index (χ0) is 41.1. The van der Waals surface area contributed by atoms with Crippen molar-refractivity contribution in [2.45, 2.75) is 77.5 Å². The molecule has 0 spiro atoms. The van der Waals surface area contributed by atoms with Crippen LogP contribution in [-0.4, -0.2) is 93.1 Å². The van der Waals surface area contributed by atoms with Crippen molar-refractivity contribution in [1.82, 2.24) is 40.4 Å². The van der Waals surface area contributed by atoms with Gasteiger partial charge in [-0.15, -0.1) is 0 Å². The van der Waals surface area contributed by atoms with Gasteiger partial charge in [-0.2, -0.15) is 0 Å². The SMILES string of the molecule is COC(=O)N[C@@H](C(=O)N1CCCC1c1ncc(-c2ccc(-c3ccc(-c4cnc([C@@H]5CCCN5C(=O)[C@H](NC(=O)OC)C(C)C)[nH]4)cc3)c3ccccc23)[nH]1)C(C)C. The second-order valence-corrected chi connectivity index (χ2v) is 15.7. The van der Waals surface area contributed by atoms with Gasteiger partial charge in [0.15, 0.2) is 0 Å². The predicted molar refractivity (Wildman–Crippen MR) is 220 cm³/mol. The fourth-order valence-corrected chi connectivity index (χ4v) is 8.30. The largest absolute Gasteiger partial charge is 0.453 e. The van der Waals surface area contributed by atoms with Gasteiger partial charge in [-0.1, -0.05) is 88.4 Å². The third kappa shape index (κ3) is 8.00. The summed E-state index contributed by atoms with van der Waals surface area (Å²) in [5.74, 6) is 0.920. The molecule has 4 atom stereocenters. The molecule has 2 aromatic heterocycles. The van der Waals surface area contributed by atoms with E-state index in [1.54, 1.807) is 0 Å². The maximum atomic E-state index is 13.7. The van der Waals surface area contributed by atoms with Gasteiger partial charge in [-0.3, -0.25) is 9.59 Å². The summed E-state index contributed by atoms with van der Waals surface area (Å²) >= 11 is 0. The summed E-state index contributed by atoms with van der Waals surface area (Å²) in [6.07, 6.45) is 5.61. The van der Waals surface area contributed by atoms with Gasteiger partial charge in [-0.25, -0.2) is 19.6 Å². The standard InChI is InChI=1S/C44H52N8O6/c1-25(2)37(49-43(55)57-5)41(53)51-21-9-13-35(51)39-45-23-33(47-39)28-17-15-27(16-18-28)29-19-20-32(31-12-8-7-11-30(29)31)34-24-46-40(48-34)36-14-10-22-52(36)42(54)38(26(3)4)50-44(56)58-6/h7-8,11-12,15-20,23-26,35-38H,9-10,13-14,21-22H2,1-6H3,(H,45,47)(H,46,48)(H,49,55)(H,50,56)/t35-,36?,37+,38+/m0/s1. The Morgan fingerprint density at radius 1 is 0.638 bits per heavy atom. The van der Waals surface area contributed by atoms with Gasteiger partial charge in [0.25, 0.3) is 0 Å². The minimum atomic E-state index is -0.702. The van der Waals surface area contributed by atoms with E-state index < -0.39 is 24.3 Å². The number of amides is 4. The molecular formula is C44H52N8O6. The van der Waals surface area contributed by atoms with E-state index >= 15 is 0 Å². The molecule has 3 aromatic carbocycles. The van der Waals surface area contributed by atoms with Crippen molar-refractivity contribution < 1.29 is 28.7 Å². The molecular weight excluding hydrogens is 737 g/mol. The molecule has 0 aliphatic carbocycles. The smallest absolute Gasteiger partial charge is 0.407 e. The van der Waals surface area contributed by atoms with Crippen LogP contribution in [0.1, 0.15) is 77.1 Å². The van der Waals surface area contributed by atoms with Crippen molar-refractivity contribution in [1.29, 1.82) is 0 Å². The Balaban J connectivity index is 1.09. The number of aromatic amines is 2. The van der Waals surface area contributed by atoms with Crippen LogP contribution in [-0.2, 0) is 19.1 Å². The van der Waals surface area contributed by atoms with E-state index in [-0.39, 0.29) is 35.7 Å². The molecule has 2 aliphatic heterocycles. The molecule has 2 saturated heterocycles. The highest BCUT2D eigenvalue weighted by molar-refractivity contribution is 6.04. The van der Waals surface area contributed by atoms with Crippen LogP contribution in [0.3, 0.4) is 0 Å². The Morgan fingerprint density at radius 2 is 1.09 bits per heavy atom. The summed E-state index contributed by atoms with van der Waals surface area (Å²) in [7, 11) is 2.58. The van der Waals surface area contributed by atoms with E-state index in [4.69, 9.17) is 19.4 Å². The number of benzene rings is 3. The maximum absolute atomic E-state index is 13.7. The number of likely N-dealkylation sites (tertiary alicyclic amines) is 2. The highest BCUT2D eigenvalue weighted by atomic mass is 16.5. The number of hydrogen-bond donors (Lipinski definition) is 4. The summed E-state index contributed by atoms with van der Waals surface area (Å²) in [5.41, 5.74) is 5.83. The molecule has 14 nitrogen and oxygen atoms in total. The van der Waals surface area contributed by atoms with Gasteiger partial charge in [0.1, 0.15) is 23.7 Å². The molecule has 4 amide bonds. The highest BCUT2D eigenvalue weighted by Gasteiger charge is 2.39. The summed E-state index contributed by atoms with van der Waals surface area (Å²) in [6.45, 7) is 8.78. The van der Waals surface area contributed by atoms with Crippen molar-refractivity contribution >= 4 is 34.8 Å². The van der Waals surface area contributed by atoms with Gasteiger partial charge in [0, 0.05) is 18.7 Å². The molecule has 2 fully saturated rings. The van der Waals surface area contributed by atoms with Gasteiger partial charge < -0.3 is 39.9 Å². The number of fused-ring (bicyclic) bond motifs is 1. The zero-order valence-corrected chi connectivity index (χ0v) is 33.9. The van der Waals surface area contributed by atoms with Crippen LogP contribution >= 0.6 is 0 Å². The van der Waals surface area contributed by atoms with Crippen LogP contribution in [0.15, 0.2) is 73.1 Å². The molecule has 1 unspecified atom stereocenters. The second kappa shape index (κ2) is 17.1. The number of alkyl carbamates (subject to hydrolysis) is 2. The van der Waals surface area contributed by atoms with Crippen LogP contribution in [0.4, 0.5) is 9.59 Å². The Bertz CT molecular complexity index is 2280. The number of imidazole rings is 2. The molecule has 0 radical (unpaired) electrons. The molecule has 14 heteroatoms. The van der Waals surface area contributed by atoms with E-state index in [0.29, 0.717) is 13.1 Å². The number of carbonyl (C=O) groups is 4. The van der Waals surface area contributed by atoms with Crippen molar-refractivity contribution in [3.63, 3.8) is 0 Å². The number of nitrogens with zero attached hydrogens (tertiary/aromatic N) is 4. The fraction of sp³-hybridized carbons (Fsp3) is 0.409. The maximum Gasteiger partial charge on any atom is 0.407 e. The highest BCUT2D eigenvalue weighted by Crippen LogP contribution is 2.38. The number of aromatic nitrogens is 4. The number of rotatable bonds is 11. The molecule has 0 bridgehead atoms. The monoisotopic (exact) mass is 788 g/mol. The Morgan fingerprint density at radius 3 is 1.59 bits per heavy atom. The van der Waals surface area contributed by atoms with E-state index in [1.807, 2.05) is 62.0 Å². The number of ether oxygens (including phenoxy) is 2. The van der Waals surface area contributed by atoms with Gasteiger partial charge in [0.2, 0.25) is 11.8 Å². The number of nitrogens with one attached hydrogen (secondary N) is 4. The van der Waals surface area contributed by atoms with Crippen LogP contribution in [0.25, 0.3) is 44.4 Å². The average Bonchev–Trinajstić information content (AvgIpc) is 4.08. The van der Waals surface area contributed by atoms with Gasteiger partial charge >= 0.3 is 12.2 Å². The summed E-state index contributed by atoms with van der Waals surface area (Å²) in [4.78, 5) is 71.4. The lowest BCUT2D eigenvalue weighted by Crippen LogP contribution is -2.51. The summed E-state index contributed by atoms with van der Waals surface area (Å²) in [6, 6.07) is 19.0. The quantitative estimate of drug-likeness (QED) is 0.107. The zero-order valence-electron chi connectivity index (χ0n) is 33.9. The first-order chi connectivity index (χ1) is 28.0. The van der Waals surface area contributed by atoms with Crippen LogP contribution in [0.5, 0.6) is 0 Å². The van der Waals surface area contributed by atoms with Crippen molar-refractivity contribution in [2.24, 2.45) is 11.8 Å². The number of H-pyrrole nitrogens is 2. The van der Waals surface area contributed by atoms with Crippen molar-refractivity contribution in [3.8, 4) is 33.6 Å². The molecule has 304 valence electrons. The van der Waals surface area contributed by atoms with Crippen molar-refractivity contribution in [3.05, 3.63) is 84.7 Å². The molecule has 5 aromatic rings. The number of hydrogen-bond acceptors (Lipinski definition) is 8. The Labute approximate surface area is 338 Å². The minimum absolute atomic E-state index is 0.111. The van der Waals surface area contributed by atoms with E-state index in [9.17, 15) is 19.2 Å². The second-order valence-electron chi connectivity index (χ2n) is 15.7. The summed E-state index contributed by atoms with van der Waals surface area (Å²) in [5, 5.41) is 7.57. The first kappa shape index (κ1) is 40.0. The third-order valence-electron chi connectivity index (χ3n) is 11.4. The van der Waals surface area contributed by atoms with Crippen LogP contribution in [0.2, 0.25) is 0 Å². The third-order valence-corrected chi connectivity index (χ3v) is 11.4. The Hall–Kier alpha value is -6.18. The fourth-order valence-electron chi connectivity index (χ4n) is 8.30. The van der Waals surface area contributed by atoms with Crippen LogP contribution < -0.4 is 10.6 Å². The lowest BCUT2D eigenvalue weighted by Gasteiger charge is -2.30. The average molecular weight is 789 g/mol. The molecule has 4 N–H and O–H groups in total. The van der Waals surface area contributed by atoms with Gasteiger partial charge in [0.05, 0.1) is 50.1 Å². The number of carbonyl (C=O) groups excluding carboxylic acids is 4. The Kier molecular flexibility index (Phi) is 11.8. The van der Waals surface area contributed by atoms with E-state index in [0.717, 1.165) is 81.7 Å². The lowest BCUT2D eigenvalue weighted by atomic mass is 9.93. The van der Waals surface area contributed by atoms with E-state index in [1.165, 1.54) is 14.2 Å². The lowest BCUT2D eigenvalue weighted by molar-refractivity contribution is -0.136. The topological polar surface area (TPSA) is 175 Å². The normalized spacial score (nSPS) is 17.8. The van der Waals surface area contributed by atoms with E-state index in [2.05, 4.69) is 69.1 Å².